The number of carbonyl (C=O) groups is 2. The Hall–Kier alpha value is -4.48. The summed E-state index contributed by atoms with van der Waals surface area (Å²) in [5.41, 5.74) is 0.0865. The quantitative estimate of drug-likeness (QED) is 0.200. The van der Waals surface area contributed by atoms with Crippen molar-refractivity contribution in [1.29, 1.82) is 0 Å². The third-order valence-electron chi connectivity index (χ3n) is 5.17. The molecule has 36 heavy (non-hydrogen) atoms. The normalized spacial score (nSPS) is 11.6. The summed E-state index contributed by atoms with van der Waals surface area (Å²) in [5, 5.41) is 42.3. The summed E-state index contributed by atoms with van der Waals surface area (Å²) in [5.74, 6) is -1.45. The van der Waals surface area contributed by atoms with Crippen LogP contribution in [0.5, 0.6) is 0 Å². The maximum Gasteiger partial charge on any atom is 0.338 e. The van der Waals surface area contributed by atoms with Crippen molar-refractivity contribution in [2.45, 2.75) is 0 Å². The maximum atomic E-state index is 12.5. The molecule has 3 aromatic rings. The molecule has 0 aliphatic heterocycles. The first-order valence-corrected chi connectivity index (χ1v) is 10.5. The van der Waals surface area contributed by atoms with Crippen LogP contribution in [0.25, 0.3) is 23.3 Å². The van der Waals surface area contributed by atoms with Gasteiger partial charge in [0.25, 0.3) is 0 Å². The van der Waals surface area contributed by atoms with Crippen LogP contribution in [0.3, 0.4) is 0 Å². The van der Waals surface area contributed by atoms with Crippen LogP contribution in [0.2, 0.25) is 0 Å². The van der Waals surface area contributed by atoms with Crippen LogP contribution < -0.4 is 10.5 Å². The summed E-state index contributed by atoms with van der Waals surface area (Å²) in [6.45, 7) is 0. The van der Waals surface area contributed by atoms with Gasteiger partial charge in [0.1, 0.15) is 5.69 Å². The number of benzene rings is 3. The highest BCUT2D eigenvalue weighted by Gasteiger charge is 2.18. The molecule has 186 valence electrons. The fourth-order valence-electron chi connectivity index (χ4n) is 3.46. The van der Waals surface area contributed by atoms with E-state index in [1.807, 2.05) is 0 Å². The van der Waals surface area contributed by atoms with E-state index >= 15 is 0 Å². The molecule has 0 heterocycles. The lowest BCUT2D eigenvalue weighted by Gasteiger charge is -2.39. The van der Waals surface area contributed by atoms with Crippen molar-refractivity contribution in [3.63, 3.8) is 0 Å². The van der Waals surface area contributed by atoms with Gasteiger partial charge in [-0.3, -0.25) is 10.4 Å². The average molecular weight is 490 g/mol. The lowest BCUT2D eigenvalue weighted by Crippen LogP contribution is -2.15. The molecule has 0 spiro atoms. The van der Waals surface area contributed by atoms with Crippen LogP contribution in [0, 0.1) is 10.4 Å². The minimum Gasteiger partial charge on any atom is -0.769 e. The number of methoxy groups -OCH3 is 2. The van der Waals surface area contributed by atoms with Crippen molar-refractivity contribution in [2.75, 3.05) is 24.7 Å². The predicted molar refractivity (Wildman–Crippen MR) is 134 cm³/mol. The zero-order valence-corrected chi connectivity index (χ0v) is 19.3. The van der Waals surface area contributed by atoms with Gasteiger partial charge < -0.3 is 25.1 Å². The number of anilines is 2. The van der Waals surface area contributed by atoms with Crippen molar-refractivity contribution >= 4 is 46.6 Å². The summed E-state index contributed by atoms with van der Waals surface area (Å²) in [6.07, 6.45) is 2.57. The summed E-state index contributed by atoms with van der Waals surface area (Å²) in [7, 11) is 2.37. The molecular weight excluding hydrogens is 468 g/mol. The molecular formula is C26H22N2O8-2. The molecule has 2 N–H and O–H groups in total. The molecule has 10 nitrogen and oxygen atoms in total. The van der Waals surface area contributed by atoms with Gasteiger partial charge in [-0.25, -0.2) is 9.59 Å². The van der Waals surface area contributed by atoms with Gasteiger partial charge >= 0.3 is 11.9 Å². The largest absolute Gasteiger partial charge is 0.769 e. The van der Waals surface area contributed by atoms with Gasteiger partial charge in [0.15, 0.2) is 0 Å². The highest BCUT2D eigenvalue weighted by atomic mass is 16.8. The first-order chi connectivity index (χ1) is 17.3. The predicted octanol–water partition coefficient (Wildman–Crippen LogP) is 4.50. The molecule has 0 aliphatic rings. The Morgan fingerprint density at radius 1 is 0.722 bits per heavy atom. The van der Waals surface area contributed by atoms with Crippen LogP contribution in [-0.2, 0) is 19.1 Å². The molecule has 0 aliphatic carbocycles. The molecule has 0 radical (unpaired) electrons. The molecule has 0 saturated heterocycles. The molecule has 10 heteroatoms. The number of rotatable bonds is 8. The van der Waals surface area contributed by atoms with E-state index in [0.29, 0.717) is 11.1 Å². The second-order valence-electron chi connectivity index (χ2n) is 7.35. The fourth-order valence-corrected chi connectivity index (χ4v) is 3.46. The first kappa shape index (κ1) is 26.1. The van der Waals surface area contributed by atoms with Crippen LogP contribution in [-0.4, -0.2) is 36.6 Å². The van der Waals surface area contributed by atoms with Crippen molar-refractivity contribution in [3.8, 4) is 0 Å². The number of ether oxygens (including phenoxy) is 2. The van der Waals surface area contributed by atoms with Gasteiger partial charge in [0, 0.05) is 11.3 Å². The monoisotopic (exact) mass is 490 g/mol. The summed E-state index contributed by atoms with van der Waals surface area (Å²) < 4.78 is 9.73. The lowest BCUT2D eigenvalue weighted by molar-refractivity contribution is -0.134. The van der Waals surface area contributed by atoms with Crippen molar-refractivity contribution in [2.24, 2.45) is 0 Å². The van der Waals surface area contributed by atoms with Crippen molar-refractivity contribution in [3.05, 3.63) is 105 Å². The Morgan fingerprint density at radius 3 is 1.50 bits per heavy atom. The van der Waals surface area contributed by atoms with E-state index in [2.05, 4.69) is 0 Å². The summed E-state index contributed by atoms with van der Waals surface area (Å²) in [4.78, 5) is 25.1. The van der Waals surface area contributed by atoms with Crippen LogP contribution in [0.4, 0.5) is 11.4 Å². The van der Waals surface area contributed by atoms with Crippen LogP contribution in [0.15, 0.2) is 72.8 Å². The molecule has 0 aromatic heterocycles. The Labute approximate surface area is 206 Å². The zero-order chi connectivity index (χ0) is 26.2. The SMILES string of the molecule is COC(=O)C(=Cc1cc(C=C(C(=O)OC)c2ccccc2)c(N(O)O)cc1N([O-])[O-])c1ccccc1. The standard InChI is InChI=1S/C26H22N2O8/c1-35-25(29)21(17-9-5-3-6-10-17)14-19-13-20(24(28(33)34)16-23(19)27(31)32)15-22(26(30)36-2)18-11-7-4-8-12-18/h3-16,31-32H,1-2H3/q-2. The minimum atomic E-state index is -0.734. The zero-order valence-electron chi connectivity index (χ0n) is 19.3. The average Bonchev–Trinajstić information content (AvgIpc) is 2.90. The second kappa shape index (κ2) is 11.8. The number of nitrogens with zero attached hydrogens (tertiary/aromatic N) is 2. The first-order valence-electron chi connectivity index (χ1n) is 10.5. The van der Waals surface area contributed by atoms with E-state index in [4.69, 9.17) is 9.47 Å². The van der Waals surface area contributed by atoms with E-state index in [1.165, 1.54) is 32.4 Å². The number of hydrogen-bond donors (Lipinski definition) is 2. The van der Waals surface area contributed by atoms with E-state index in [0.717, 1.165) is 6.07 Å². The van der Waals surface area contributed by atoms with Gasteiger partial charge in [-0.1, -0.05) is 60.7 Å². The summed E-state index contributed by atoms with van der Waals surface area (Å²) >= 11 is 0. The third kappa shape index (κ3) is 5.95. The topological polar surface area (TPSA) is 146 Å². The second-order valence-corrected chi connectivity index (χ2v) is 7.35. The number of hydrogen-bond acceptors (Lipinski definition) is 10. The van der Waals surface area contributed by atoms with E-state index in [9.17, 15) is 30.4 Å². The maximum absolute atomic E-state index is 12.5. The molecule has 0 saturated carbocycles. The molecule has 0 amide bonds. The Morgan fingerprint density at radius 2 is 1.14 bits per heavy atom. The van der Waals surface area contributed by atoms with E-state index in [-0.39, 0.29) is 33.2 Å². The van der Waals surface area contributed by atoms with Crippen molar-refractivity contribution in [1.82, 2.24) is 0 Å². The lowest BCUT2D eigenvalue weighted by atomic mass is 9.97. The van der Waals surface area contributed by atoms with Crippen molar-refractivity contribution < 1.29 is 29.5 Å². The molecule has 0 fully saturated rings. The fraction of sp³-hybridized carbons (Fsp3) is 0.0769. The molecule has 0 unspecified atom stereocenters. The highest BCUT2D eigenvalue weighted by molar-refractivity contribution is 6.23. The van der Waals surface area contributed by atoms with Gasteiger partial charge in [-0.2, -0.15) is 0 Å². The molecule has 3 rings (SSSR count). The van der Waals surface area contributed by atoms with Gasteiger partial charge in [0.05, 0.1) is 25.4 Å². The van der Waals surface area contributed by atoms with Gasteiger partial charge in [-0.15, -0.1) is 5.23 Å². The highest BCUT2D eigenvalue weighted by Crippen LogP contribution is 2.35. The van der Waals surface area contributed by atoms with Crippen LogP contribution in [0.1, 0.15) is 22.3 Å². The molecule has 0 bridgehead atoms. The summed E-state index contributed by atoms with van der Waals surface area (Å²) in [6, 6.07) is 19.0. The van der Waals surface area contributed by atoms with Crippen LogP contribution >= 0.6 is 0 Å². The van der Waals surface area contributed by atoms with Gasteiger partial charge in [-0.05, 0) is 41.0 Å². The minimum absolute atomic E-state index is 0.0263. The Kier molecular flexibility index (Phi) is 8.55. The third-order valence-corrected chi connectivity index (χ3v) is 5.17. The Balaban J connectivity index is 2.32. The van der Waals surface area contributed by atoms with Gasteiger partial charge in [0.2, 0.25) is 0 Å². The smallest absolute Gasteiger partial charge is 0.338 e. The molecule has 3 aromatic carbocycles. The number of esters is 2. The number of carbonyl (C=O) groups excluding carboxylic acids is 2. The van der Waals surface area contributed by atoms with E-state index < -0.39 is 22.9 Å². The molecule has 0 atom stereocenters. The van der Waals surface area contributed by atoms with E-state index in [1.54, 1.807) is 60.7 Å². The Bertz CT molecular complexity index is 1190.